The minimum absolute atomic E-state index is 0. The average molecular weight is 252 g/mol. The number of hydrogen-bond acceptors (Lipinski definition) is 1. The van der Waals surface area contributed by atoms with Gasteiger partial charge in [0.1, 0.15) is 0 Å². The van der Waals surface area contributed by atoms with E-state index < -0.39 is 0 Å². The zero-order valence-corrected chi connectivity index (χ0v) is 9.73. The van der Waals surface area contributed by atoms with Crippen LogP contribution in [-0.4, -0.2) is 13.1 Å². The number of para-hydroxylation sites is 1. The van der Waals surface area contributed by atoms with Gasteiger partial charge in [-0.3, -0.25) is 0 Å². The van der Waals surface area contributed by atoms with Gasteiger partial charge in [-0.25, -0.2) is 0 Å². The smallest absolute Gasteiger partial charge is 0.0445 e. The largest absolute Gasteiger partial charge is 0.364 e. The van der Waals surface area contributed by atoms with E-state index in [1.165, 1.54) is 11.3 Å². The van der Waals surface area contributed by atoms with E-state index in [1.807, 2.05) is 6.08 Å². The Labute approximate surface area is 95.5 Å². The van der Waals surface area contributed by atoms with Gasteiger partial charge < -0.3 is 4.90 Å². The summed E-state index contributed by atoms with van der Waals surface area (Å²) in [6, 6.07) is 8.44. The first-order valence-corrected chi connectivity index (χ1v) is 4.53. The summed E-state index contributed by atoms with van der Waals surface area (Å²) in [4.78, 5) is 2.31. The molecule has 0 saturated carbocycles. The Morgan fingerprint density at radius 1 is 1.36 bits per heavy atom. The standard InChI is InChI=1S/C12H13N.BrH/c1-2-9-13-10-5-7-11-6-3-4-8-12(11)13;/h2-8H,1,9-10H2;1H. The van der Waals surface area contributed by atoms with E-state index in [9.17, 15) is 0 Å². The predicted octanol–water partition coefficient (Wildman–Crippen LogP) is 3.28. The van der Waals surface area contributed by atoms with Crippen LogP contribution in [0.4, 0.5) is 5.69 Å². The molecule has 0 aromatic heterocycles. The summed E-state index contributed by atoms with van der Waals surface area (Å²) in [5.41, 5.74) is 2.61. The van der Waals surface area contributed by atoms with Gasteiger partial charge in [0, 0.05) is 18.8 Å². The molecule has 0 bridgehead atoms. The van der Waals surface area contributed by atoms with Crippen molar-refractivity contribution in [3.63, 3.8) is 0 Å². The molecule has 2 heteroatoms. The van der Waals surface area contributed by atoms with Crippen LogP contribution in [0.1, 0.15) is 5.56 Å². The van der Waals surface area contributed by atoms with E-state index in [0.29, 0.717) is 0 Å². The first-order chi connectivity index (χ1) is 6.42. The summed E-state index contributed by atoms with van der Waals surface area (Å²) in [5, 5.41) is 0. The Kier molecular flexibility index (Phi) is 3.96. The molecule has 0 atom stereocenters. The average Bonchev–Trinajstić information content (AvgIpc) is 2.19. The molecule has 1 heterocycles. The Balaban J connectivity index is 0.000000980. The highest BCUT2D eigenvalue weighted by Gasteiger charge is 2.09. The molecule has 2 rings (SSSR count). The number of benzene rings is 1. The third-order valence-electron chi connectivity index (χ3n) is 2.25. The molecule has 0 N–H and O–H groups in total. The maximum absolute atomic E-state index is 3.76. The van der Waals surface area contributed by atoms with Crippen molar-refractivity contribution in [2.45, 2.75) is 0 Å². The lowest BCUT2D eigenvalue weighted by atomic mass is 10.1. The summed E-state index contributed by atoms with van der Waals surface area (Å²) in [7, 11) is 0. The molecule has 1 aromatic rings. The fraction of sp³-hybridized carbons (Fsp3) is 0.167. The molecule has 0 spiro atoms. The number of fused-ring (bicyclic) bond motifs is 1. The number of nitrogens with zero attached hydrogens (tertiary/aromatic N) is 1. The Hall–Kier alpha value is -1.02. The zero-order chi connectivity index (χ0) is 9.10. The van der Waals surface area contributed by atoms with Crippen molar-refractivity contribution in [2.75, 3.05) is 18.0 Å². The summed E-state index contributed by atoms with van der Waals surface area (Å²) < 4.78 is 0. The molecule has 14 heavy (non-hydrogen) atoms. The highest BCUT2D eigenvalue weighted by atomic mass is 79.9. The second-order valence-corrected chi connectivity index (χ2v) is 3.15. The Morgan fingerprint density at radius 3 is 2.93 bits per heavy atom. The number of anilines is 1. The molecule has 1 aliphatic heterocycles. The topological polar surface area (TPSA) is 3.24 Å². The second-order valence-electron chi connectivity index (χ2n) is 3.15. The summed E-state index contributed by atoms with van der Waals surface area (Å²) in [6.07, 6.45) is 6.30. The summed E-state index contributed by atoms with van der Waals surface area (Å²) >= 11 is 0. The molecule has 0 unspecified atom stereocenters. The van der Waals surface area contributed by atoms with Gasteiger partial charge in [-0.1, -0.05) is 36.4 Å². The van der Waals surface area contributed by atoms with Gasteiger partial charge in [0.15, 0.2) is 0 Å². The van der Waals surface area contributed by atoms with Crippen molar-refractivity contribution in [3.05, 3.63) is 48.6 Å². The Morgan fingerprint density at radius 2 is 2.14 bits per heavy atom. The molecule has 74 valence electrons. The third-order valence-corrected chi connectivity index (χ3v) is 2.25. The third kappa shape index (κ3) is 2.07. The van der Waals surface area contributed by atoms with E-state index in [-0.39, 0.29) is 17.0 Å². The lowest BCUT2D eigenvalue weighted by molar-refractivity contribution is 0.947. The minimum atomic E-state index is 0. The van der Waals surface area contributed by atoms with Gasteiger partial charge in [0.2, 0.25) is 0 Å². The first-order valence-electron chi connectivity index (χ1n) is 4.53. The van der Waals surface area contributed by atoms with Crippen molar-refractivity contribution >= 4 is 28.7 Å². The van der Waals surface area contributed by atoms with E-state index in [2.05, 4.69) is 47.9 Å². The molecule has 0 radical (unpaired) electrons. The van der Waals surface area contributed by atoms with Gasteiger partial charge in [0.05, 0.1) is 0 Å². The molecule has 1 aromatic carbocycles. The van der Waals surface area contributed by atoms with Crippen LogP contribution in [0.2, 0.25) is 0 Å². The fourth-order valence-electron chi connectivity index (χ4n) is 1.65. The van der Waals surface area contributed by atoms with Crippen LogP contribution in [0.5, 0.6) is 0 Å². The maximum atomic E-state index is 3.76. The molecule has 0 saturated heterocycles. The van der Waals surface area contributed by atoms with Gasteiger partial charge in [-0.2, -0.15) is 0 Å². The minimum Gasteiger partial charge on any atom is -0.364 e. The highest BCUT2D eigenvalue weighted by Crippen LogP contribution is 2.24. The first kappa shape index (κ1) is 11.1. The highest BCUT2D eigenvalue weighted by molar-refractivity contribution is 8.93. The van der Waals surface area contributed by atoms with E-state index in [1.54, 1.807) is 0 Å². The van der Waals surface area contributed by atoms with Crippen molar-refractivity contribution in [2.24, 2.45) is 0 Å². The lowest BCUT2D eigenvalue weighted by Gasteiger charge is -2.26. The van der Waals surface area contributed by atoms with Gasteiger partial charge in [-0.05, 0) is 11.6 Å². The van der Waals surface area contributed by atoms with Gasteiger partial charge in [0.25, 0.3) is 0 Å². The monoisotopic (exact) mass is 251 g/mol. The van der Waals surface area contributed by atoms with E-state index in [4.69, 9.17) is 0 Å². The van der Waals surface area contributed by atoms with Crippen molar-refractivity contribution in [3.8, 4) is 0 Å². The van der Waals surface area contributed by atoms with Crippen LogP contribution < -0.4 is 4.90 Å². The molecule has 0 amide bonds. The normalized spacial score (nSPS) is 13.0. The summed E-state index contributed by atoms with van der Waals surface area (Å²) in [5.74, 6) is 0. The van der Waals surface area contributed by atoms with Gasteiger partial charge >= 0.3 is 0 Å². The molecule has 1 nitrogen and oxygen atoms in total. The van der Waals surface area contributed by atoms with Crippen molar-refractivity contribution in [1.82, 2.24) is 0 Å². The second kappa shape index (κ2) is 5.01. The molecule has 0 fully saturated rings. The number of halogens is 1. The number of rotatable bonds is 2. The SMILES string of the molecule is Br.C=CCN1CC=Cc2ccccc21. The summed E-state index contributed by atoms with van der Waals surface area (Å²) in [6.45, 7) is 5.67. The van der Waals surface area contributed by atoms with Crippen LogP contribution in [0.15, 0.2) is 43.0 Å². The van der Waals surface area contributed by atoms with Crippen molar-refractivity contribution < 1.29 is 0 Å². The maximum Gasteiger partial charge on any atom is 0.0445 e. The molecular formula is C12H14BrN. The fourth-order valence-corrected chi connectivity index (χ4v) is 1.65. The predicted molar refractivity (Wildman–Crippen MR) is 68.2 cm³/mol. The van der Waals surface area contributed by atoms with Crippen LogP contribution in [0, 0.1) is 0 Å². The quantitative estimate of drug-likeness (QED) is 0.730. The molecular weight excluding hydrogens is 238 g/mol. The van der Waals surface area contributed by atoms with Crippen LogP contribution >= 0.6 is 17.0 Å². The van der Waals surface area contributed by atoms with Crippen molar-refractivity contribution in [1.29, 1.82) is 0 Å². The van der Waals surface area contributed by atoms with Crippen LogP contribution in [0.3, 0.4) is 0 Å². The van der Waals surface area contributed by atoms with Gasteiger partial charge in [-0.15, -0.1) is 23.6 Å². The van der Waals surface area contributed by atoms with Crippen LogP contribution in [0.25, 0.3) is 6.08 Å². The van der Waals surface area contributed by atoms with E-state index in [0.717, 1.165) is 13.1 Å². The lowest BCUT2D eigenvalue weighted by Crippen LogP contribution is -2.25. The van der Waals surface area contributed by atoms with Crippen LogP contribution in [-0.2, 0) is 0 Å². The molecule has 0 aliphatic carbocycles. The Bertz CT molecular complexity index is 344. The van der Waals surface area contributed by atoms with E-state index >= 15 is 0 Å². The molecule has 1 aliphatic rings. The number of hydrogen-bond donors (Lipinski definition) is 0. The zero-order valence-electron chi connectivity index (χ0n) is 8.02.